The van der Waals surface area contributed by atoms with E-state index < -0.39 is 0 Å². The van der Waals surface area contributed by atoms with Crippen LogP contribution in [0.3, 0.4) is 0 Å². The highest BCUT2D eigenvalue weighted by Crippen LogP contribution is 2.06. The van der Waals surface area contributed by atoms with E-state index >= 15 is 0 Å². The molecular formula is C7H5N5S. The van der Waals surface area contributed by atoms with E-state index in [1.807, 2.05) is 12.1 Å². The number of nitrogens with zero attached hydrogens (tertiary/aromatic N) is 4. The van der Waals surface area contributed by atoms with Gasteiger partial charge in [-0.05, 0) is 24.4 Å². The van der Waals surface area contributed by atoms with Crippen LogP contribution < -0.4 is 0 Å². The Morgan fingerprint density at radius 2 is 2.15 bits per heavy atom. The molecule has 0 atom stereocenters. The van der Waals surface area contributed by atoms with Crippen molar-refractivity contribution in [2.75, 3.05) is 0 Å². The van der Waals surface area contributed by atoms with Crippen LogP contribution in [-0.4, -0.2) is 25.4 Å². The summed E-state index contributed by atoms with van der Waals surface area (Å²) in [5.74, 6) is 0.439. The summed E-state index contributed by atoms with van der Waals surface area (Å²) in [5.41, 5.74) is 0.668. The minimum absolute atomic E-state index is 0.264. The fraction of sp³-hybridized carbons (Fsp3) is 0. The zero-order valence-electron chi connectivity index (χ0n) is 6.51. The first-order valence-electron chi connectivity index (χ1n) is 3.57. The number of pyridine rings is 1. The zero-order chi connectivity index (χ0) is 9.10. The van der Waals surface area contributed by atoms with E-state index in [9.17, 15) is 0 Å². The number of aromatic nitrogens is 5. The monoisotopic (exact) mass is 191 g/mol. The summed E-state index contributed by atoms with van der Waals surface area (Å²) in [6.07, 6.45) is 1.67. The predicted molar refractivity (Wildman–Crippen MR) is 48.2 cm³/mol. The summed E-state index contributed by atoms with van der Waals surface area (Å²) in [4.78, 5) is 4.06. The Labute approximate surface area is 78.9 Å². The van der Waals surface area contributed by atoms with Gasteiger partial charge in [0.05, 0.1) is 0 Å². The van der Waals surface area contributed by atoms with Crippen LogP contribution in [0, 0.1) is 4.77 Å². The maximum absolute atomic E-state index is 4.71. The van der Waals surface area contributed by atoms with Crippen molar-refractivity contribution in [1.29, 1.82) is 0 Å². The van der Waals surface area contributed by atoms with Crippen LogP contribution in [0.1, 0.15) is 0 Å². The molecule has 5 nitrogen and oxygen atoms in total. The lowest BCUT2D eigenvalue weighted by atomic mass is 10.3. The zero-order valence-corrected chi connectivity index (χ0v) is 7.32. The van der Waals surface area contributed by atoms with Gasteiger partial charge < -0.3 is 0 Å². The van der Waals surface area contributed by atoms with Crippen LogP contribution in [0.2, 0.25) is 0 Å². The third kappa shape index (κ3) is 1.73. The van der Waals surface area contributed by atoms with E-state index in [1.165, 1.54) is 0 Å². The van der Waals surface area contributed by atoms with Crippen molar-refractivity contribution >= 4 is 12.2 Å². The molecule has 0 unspecified atom stereocenters. The lowest BCUT2D eigenvalue weighted by Crippen LogP contribution is -1.96. The van der Waals surface area contributed by atoms with Gasteiger partial charge >= 0.3 is 0 Å². The quantitative estimate of drug-likeness (QED) is 0.681. The number of rotatable bonds is 1. The Kier molecular flexibility index (Phi) is 2.05. The Hall–Kier alpha value is -1.69. The molecule has 0 bridgehead atoms. The Bertz CT molecular complexity index is 431. The van der Waals surface area contributed by atoms with Gasteiger partial charge in [0.2, 0.25) is 10.6 Å². The fourth-order valence-electron chi connectivity index (χ4n) is 0.842. The smallest absolute Gasteiger partial charge is 0.234 e. The third-order valence-corrected chi connectivity index (χ3v) is 1.56. The molecule has 2 heterocycles. The summed E-state index contributed by atoms with van der Waals surface area (Å²) in [5, 5.41) is 13.9. The summed E-state index contributed by atoms with van der Waals surface area (Å²) < 4.78 is 0.264. The molecule has 0 aliphatic rings. The summed E-state index contributed by atoms with van der Waals surface area (Å²) in [6, 6.07) is 5.48. The van der Waals surface area contributed by atoms with Crippen molar-refractivity contribution in [2.45, 2.75) is 0 Å². The first-order valence-corrected chi connectivity index (χ1v) is 3.98. The fourth-order valence-corrected chi connectivity index (χ4v) is 0.928. The van der Waals surface area contributed by atoms with Crippen LogP contribution in [0.15, 0.2) is 24.4 Å². The van der Waals surface area contributed by atoms with E-state index in [2.05, 4.69) is 25.4 Å². The van der Waals surface area contributed by atoms with Gasteiger partial charge in [0, 0.05) is 6.20 Å². The maximum atomic E-state index is 4.71. The number of H-pyrrole nitrogens is 1. The van der Waals surface area contributed by atoms with Gasteiger partial charge in [-0.3, -0.25) is 4.98 Å². The molecule has 1 N–H and O–H groups in total. The summed E-state index contributed by atoms with van der Waals surface area (Å²) in [6.45, 7) is 0. The Balaban J connectivity index is 2.48. The molecule has 6 heteroatoms. The van der Waals surface area contributed by atoms with Crippen LogP contribution in [0.25, 0.3) is 11.5 Å². The molecule has 13 heavy (non-hydrogen) atoms. The van der Waals surface area contributed by atoms with Crippen LogP contribution in [0.5, 0.6) is 0 Å². The largest absolute Gasteiger partial charge is 0.253 e. The average molecular weight is 191 g/mol. The number of aromatic amines is 1. The summed E-state index contributed by atoms with van der Waals surface area (Å²) >= 11 is 4.71. The highest BCUT2D eigenvalue weighted by molar-refractivity contribution is 7.71. The highest BCUT2D eigenvalue weighted by atomic mass is 32.1. The van der Waals surface area contributed by atoms with Crippen molar-refractivity contribution in [3.63, 3.8) is 0 Å². The molecule has 0 aliphatic heterocycles. The van der Waals surface area contributed by atoms with Crippen LogP contribution in [-0.2, 0) is 0 Å². The van der Waals surface area contributed by atoms with Crippen molar-refractivity contribution in [1.82, 2.24) is 25.4 Å². The van der Waals surface area contributed by atoms with E-state index in [1.54, 1.807) is 12.3 Å². The SMILES string of the molecule is S=c1nnc(-c2ccccn2)n[nH]1. The molecule has 0 spiro atoms. The number of hydrogen-bond donors (Lipinski definition) is 1. The topological polar surface area (TPSA) is 67.3 Å². The second kappa shape index (κ2) is 3.36. The molecule has 2 aromatic heterocycles. The van der Waals surface area contributed by atoms with Gasteiger partial charge in [0.1, 0.15) is 5.69 Å². The first kappa shape index (κ1) is 7.93. The van der Waals surface area contributed by atoms with Crippen molar-refractivity contribution in [3.05, 3.63) is 29.2 Å². The van der Waals surface area contributed by atoms with Crippen LogP contribution >= 0.6 is 12.2 Å². The van der Waals surface area contributed by atoms with Gasteiger partial charge in [-0.2, -0.15) is 0 Å². The van der Waals surface area contributed by atoms with Gasteiger partial charge in [-0.1, -0.05) is 6.07 Å². The Morgan fingerprint density at radius 3 is 2.77 bits per heavy atom. The van der Waals surface area contributed by atoms with Gasteiger partial charge in [0.15, 0.2) is 0 Å². The molecule has 0 aromatic carbocycles. The standard InChI is InChI=1S/C7H5N5S/c13-7-11-9-6(10-12-7)5-3-1-2-4-8-5/h1-4H,(H,11,12,13). The maximum Gasteiger partial charge on any atom is 0.234 e. The molecule has 0 radical (unpaired) electrons. The lowest BCUT2D eigenvalue weighted by molar-refractivity contribution is 0.842. The molecule has 0 amide bonds. The van der Waals surface area contributed by atoms with Gasteiger partial charge in [-0.25, -0.2) is 5.10 Å². The lowest BCUT2D eigenvalue weighted by Gasteiger charge is -1.94. The van der Waals surface area contributed by atoms with Gasteiger partial charge in [-0.15, -0.1) is 15.3 Å². The summed E-state index contributed by atoms with van der Waals surface area (Å²) in [7, 11) is 0. The average Bonchev–Trinajstić information content (AvgIpc) is 2.20. The third-order valence-electron chi connectivity index (χ3n) is 1.39. The molecule has 2 rings (SSSR count). The molecule has 0 saturated heterocycles. The molecule has 0 saturated carbocycles. The molecule has 2 aromatic rings. The van der Waals surface area contributed by atoms with E-state index in [0.717, 1.165) is 0 Å². The highest BCUT2D eigenvalue weighted by Gasteiger charge is 2.00. The molecule has 0 aliphatic carbocycles. The van der Waals surface area contributed by atoms with Crippen molar-refractivity contribution in [2.24, 2.45) is 0 Å². The van der Waals surface area contributed by atoms with E-state index in [0.29, 0.717) is 11.5 Å². The normalized spacial score (nSPS) is 9.85. The second-order valence-electron chi connectivity index (χ2n) is 2.27. The van der Waals surface area contributed by atoms with Crippen molar-refractivity contribution in [3.8, 4) is 11.5 Å². The second-order valence-corrected chi connectivity index (χ2v) is 2.65. The van der Waals surface area contributed by atoms with E-state index in [4.69, 9.17) is 12.2 Å². The first-order chi connectivity index (χ1) is 6.36. The van der Waals surface area contributed by atoms with Gasteiger partial charge in [0.25, 0.3) is 0 Å². The molecular weight excluding hydrogens is 186 g/mol. The van der Waals surface area contributed by atoms with Crippen molar-refractivity contribution < 1.29 is 0 Å². The predicted octanol–water partition coefficient (Wildman–Crippen LogP) is 0.991. The van der Waals surface area contributed by atoms with E-state index in [-0.39, 0.29) is 4.77 Å². The minimum atomic E-state index is 0.264. The molecule has 0 fully saturated rings. The Morgan fingerprint density at radius 1 is 1.23 bits per heavy atom. The minimum Gasteiger partial charge on any atom is -0.253 e. The number of hydrogen-bond acceptors (Lipinski definition) is 5. The molecule has 64 valence electrons. The number of nitrogens with one attached hydrogen (secondary N) is 1. The van der Waals surface area contributed by atoms with Crippen LogP contribution in [0.4, 0.5) is 0 Å².